The predicted molar refractivity (Wildman–Crippen MR) is 123 cm³/mol. The summed E-state index contributed by atoms with van der Waals surface area (Å²) >= 11 is 0. The van der Waals surface area contributed by atoms with Gasteiger partial charge in [-0.15, -0.1) is 4.91 Å². The Hall–Kier alpha value is -4.86. The number of H-pyrrole nitrogens is 1. The van der Waals surface area contributed by atoms with E-state index in [0.29, 0.717) is 28.6 Å². The second-order valence-corrected chi connectivity index (χ2v) is 7.13. The van der Waals surface area contributed by atoms with Gasteiger partial charge in [0.25, 0.3) is 0 Å². The Bertz CT molecular complexity index is 1470. The first kappa shape index (κ1) is 20.1. The van der Waals surface area contributed by atoms with E-state index in [2.05, 4.69) is 30.7 Å². The molecule has 33 heavy (non-hydrogen) atoms. The van der Waals surface area contributed by atoms with Crippen molar-refractivity contribution in [2.75, 3.05) is 11.1 Å². The van der Waals surface area contributed by atoms with Gasteiger partial charge in [-0.05, 0) is 47.6 Å². The number of hydrogen-bond donors (Lipinski definition) is 3. The first-order chi connectivity index (χ1) is 16.1. The molecule has 9 nitrogen and oxygen atoms in total. The maximum absolute atomic E-state index is 14.7. The van der Waals surface area contributed by atoms with Crippen LogP contribution in [0.2, 0.25) is 0 Å². The standard InChI is InChI=1S/C23H16FN7O2/c24-18-10-16(5-8-21(18)33-17-6-7-19-14(9-17)12-26-30-19)27-22-11-20(28-23(25)29-22)13-1-3-15(31-32)4-2-13/h1-12H,(H,26,30)(H3,25,27,28,29). The summed E-state index contributed by atoms with van der Waals surface area (Å²) in [5, 5.41) is 13.6. The lowest BCUT2D eigenvalue weighted by atomic mass is 10.1. The number of fused-ring (bicyclic) bond motifs is 1. The van der Waals surface area contributed by atoms with Crippen LogP contribution in [0.15, 0.2) is 78.1 Å². The number of rotatable bonds is 6. The second kappa shape index (κ2) is 8.35. The van der Waals surface area contributed by atoms with Crippen molar-refractivity contribution >= 4 is 34.0 Å². The Labute approximate surface area is 186 Å². The van der Waals surface area contributed by atoms with Crippen LogP contribution in [0, 0.1) is 10.7 Å². The largest absolute Gasteiger partial charge is 0.454 e. The lowest BCUT2D eigenvalue weighted by molar-refractivity contribution is 0.443. The molecule has 5 rings (SSSR count). The van der Waals surface area contributed by atoms with Crippen molar-refractivity contribution in [1.29, 1.82) is 0 Å². The fraction of sp³-hybridized carbons (Fsp3) is 0. The van der Waals surface area contributed by atoms with Gasteiger partial charge in [0.05, 0.1) is 17.4 Å². The van der Waals surface area contributed by atoms with E-state index < -0.39 is 5.82 Å². The van der Waals surface area contributed by atoms with Crippen molar-refractivity contribution in [1.82, 2.24) is 20.2 Å². The number of halogens is 1. The third kappa shape index (κ3) is 4.30. The van der Waals surface area contributed by atoms with E-state index in [-0.39, 0.29) is 11.7 Å². The quantitative estimate of drug-likeness (QED) is 0.289. The molecule has 0 saturated heterocycles. The highest BCUT2D eigenvalue weighted by molar-refractivity contribution is 5.79. The molecule has 0 radical (unpaired) electrons. The lowest BCUT2D eigenvalue weighted by Gasteiger charge is -2.11. The average molecular weight is 441 g/mol. The lowest BCUT2D eigenvalue weighted by Crippen LogP contribution is -2.02. The van der Waals surface area contributed by atoms with Crippen LogP contribution in [0.4, 0.5) is 27.5 Å². The van der Waals surface area contributed by atoms with Gasteiger partial charge in [0.1, 0.15) is 17.3 Å². The van der Waals surface area contributed by atoms with Gasteiger partial charge in [0, 0.05) is 28.8 Å². The SMILES string of the molecule is Nc1nc(Nc2ccc(Oc3ccc4[nH]ncc4c3)c(F)c2)cc(-c2ccc(N=O)cc2)n1. The topological polar surface area (TPSA) is 131 Å². The molecule has 0 aliphatic heterocycles. The van der Waals surface area contributed by atoms with Crippen molar-refractivity contribution < 1.29 is 9.13 Å². The Kier molecular flexibility index (Phi) is 5.07. The highest BCUT2D eigenvalue weighted by atomic mass is 19.1. The number of nitrogens with zero attached hydrogens (tertiary/aromatic N) is 4. The van der Waals surface area contributed by atoms with Crippen molar-refractivity contribution in [3.8, 4) is 22.8 Å². The molecule has 0 aliphatic rings. The molecule has 0 bridgehead atoms. The molecule has 0 amide bonds. The number of nitrogen functional groups attached to an aromatic ring is 1. The number of benzene rings is 3. The Morgan fingerprint density at radius 1 is 1.00 bits per heavy atom. The number of nitroso groups, excluding NO2 is 1. The van der Waals surface area contributed by atoms with Crippen LogP contribution >= 0.6 is 0 Å². The summed E-state index contributed by atoms with van der Waals surface area (Å²) in [7, 11) is 0. The molecule has 2 aromatic heterocycles. The van der Waals surface area contributed by atoms with Gasteiger partial charge in [-0.3, -0.25) is 5.10 Å². The second-order valence-electron chi connectivity index (χ2n) is 7.13. The Morgan fingerprint density at radius 3 is 2.64 bits per heavy atom. The van der Waals surface area contributed by atoms with Crippen LogP contribution in [0.3, 0.4) is 0 Å². The summed E-state index contributed by atoms with van der Waals surface area (Å²) in [4.78, 5) is 19.0. The number of aromatic nitrogens is 4. The zero-order chi connectivity index (χ0) is 22.8. The third-order valence-electron chi connectivity index (χ3n) is 4.86. The summed E-state index contributed by atoms with van der Waals surface area (Å²) in [5.74, 6) is 0.449. The monoisotopic (exact) mass is 441 g/mol. The number of ether oxygens (including phenoxy) is 1. The van der Waals surface area contributed by atoms with Crippen molar-refractivity contribution in [3.63, 3.8) is 0 Å². The van der Waals surface area contributed by atoms with Gasteiger partial charge in [-0.1, -0.05) is 12.1 Å². The van der Waals surface area contributed by atoms with Gasteiger partial charge in [-0.2, -0.15) is 10.1 Å². The molecular formula is C23H16FN7O2. The number of anilines is 3. The number of aromatic amines is 1. The summed E-state index contributed by atoms with van der Waals surface area (Å²) in [6, 6.07) is 18.0. The number of nitrogens with one attached hydrogen (secondary N) is 2. The predicted octanol–water partition coefficient (Wildman–Crippen LogP) is 5.68. The molecule has 0 unspecified atom stereocenters. The molecule has 10 heteroatoms. The summed E-state index contributed by atoms with van der Waals surface area (Å²) in [6.07, 6.45) is 1.67. The maximum Gasteiger partial charge on any atom is 0.222 e. The van der Waals surface area contributed by atoms with Crippen LogP contribution in [0.25, 0.3) is 22.2 Å². The third-order valence-corrected chi connectivity index (χ3v) is 4.86. The fourth-order valence-corrected chi connectivity index (χ4v) is 3.29. The highest BCUT2D eigenvalue weighted by Gasteiger charge is 2.10. The highest BCUT2D eigenvalue weighted by Crippen LogP contribution is 2.30. The van der Waals surface area contributed by atoms with Gasteiger partial charge in [0.2, 0.25) is 5.95 Å². The smallest absolute Gasteiger partial charge is 0.222 e. The first-order valence-corrected chi connectivity index (χ1v) is 9.83. The molecule has 0 spiro atoms. The van der Waals surface area contributed by atoms with Crippen LogP contribution < -0.4 is 15.8 Å². The minimum atomic E-state index is -0.550. The van der Waals surface area contributed by atoms with Gasteiger partial charge in [0.15, 0.2) is 11.6 Å². The van der Waals surface area contributed by atoms with E-state index in [4.69, 9.17) is 10.5 Å². The van der Waals surface area contributed by atoms with E-state index in [0.717, 1.165) is 16.5 Å². The molecule has 5 aromatic rings. The van der Waals surface area contributed by atoms with Crippen LogP contribution in [0.1, 0.15) is 0 Å². The minimum absolute atomic E-state index is 0.0441. The Balaban J connectivity index is 1.36. The van der Waals surface area contributed by atoms with Gasteiger partial charge in [-0.25, -0.2) is 9.37 Å². The summed E-state index contributed by atoms with van der Waals surface area (Å²) in [6.45, 7) is 0. The van der Waals surface area contributed by atoms with Gasteiger partial charge < -0.3 is 15.8 Å². The zero-order valence-electron chi connectivity index (χ0n) is 17.0. The van der Waals surface area contributed by atoms with E-state index in [1.54, 1.807) is 54.7 Å². The van der Waals surface area contributed by atoms with E-state index in [1.165, 1.54) is 12.1 Å². The maximum atomic E-state index is 14.7. The zero-order valence-corrected chi connectivity index (χ0v) is 17.0. The molecule has 0 saturated carbocycles. The van der Waals surface area contributed by atoms with Crippen LogP contribution in [-0.2, 0) is 0 Å². The van der Waals surface area contributed by atoms with Crippen molar-refractivity contribution in [2.45, 2.75) is 0 Å². The molecule has 0 atom stereocenters. The summed E-state index contributed by atoms with van der Waals surface area (Å²) < 4.78 is 20.4. The molecular weight excluding hydrogens is 425 g/mol. The number of nitrogens with two attached hydrogens (primary N) is 1. The normalized spacial score (nSPS) is 10.8. The van der Waals surface area contributed by atoms with Gasteiger partial charge >= 0.3 is 0 Å². The molecule has 2 heterocycles. The van der Waals surface area contributed by atoms with E-state index >= 15 is 0 Å². The van der Waals surface area contributed by atoms with Crippen LogP contribution in [0.5, 0.6) is 11.5 Å². The molecule has 0 aliphatic carbocycles. The van der Waals surface area contributed by atoms with Crippen molar-refractivity contribution in [2.24, 2.45) is 5.18 Å². The fourth-order valence-electron chi connectivity index (χ4n) is 3.29. The Morgan fingerprint density at radius 2 is 1.85 bits per heavy atom. The number of hydrogen-bond acceptors (Lipinski definition) is 8. The molecule has 162 valence electrons. The summed E-state index contributed by atoms with van der Waals surface area (Å²) in [5.41, 5.74) is 8.74. The molecule has 4 N–H and O–H groups in total. The van der Waals surface area contributed by atoms with Crippen LogP contribution in [-0.4, -0.2) is 20.2 Å². The minimum Gasteiger partial charge on any atom is -0.454 e. The molecule has 3 aromatic carbocycles. The van der Waals surface area contributed by atoms with E-state index in [9.17, 15) is 9.30 Å². The molecule has 0 fully saturated rings. The van der Waals surface area contributed by atoms with Crippen molar-refractivity contribution in [3.05, 3.63) is 83.7 Å². The average Bonchev–Trinajstić information content (AvgIpc) is 3.28. The van der Waals surface area contributed by atoms with E-state index in [1.807, 2.05) is 6.07 Å². The first-order valence-electron chi connectivity index (χ1n) is 9.83.